The average Bonchev–Trinajstić information content (AvgIpc) is 2.61. The van der Waals surface area contributed by atoms with E-state index < -0.39 is 0 Å². The maximum absolute atomic E-state index is 12.2. The molecule has 106 valence electrons. The molecule has 0 atom stereocenters. The second-order valence-corrected chi connectivity index (χ2v) is 5.39. The monoisotopic (exact) mass is 291 g/mol. The number of amides is 1. The van der Waals surface area contributed by atoms with Crippen LogP contribution in [-0.2, 0) is 18.3 Å². The lowest BCUT2D eigenvalue weighted by molar-refractivity contribution is -0.115. The van der Waals surface area contributed by atoms with Crippen molar-refractivity contribution in [2.75, 3.05) is 5.32 Å². The van der Waals surface area contributed by atoms with Gasteiger partial charge in [0.1, 0.15) is 0 Å². The Labute approximate surface area is 123 Å². The van der Waals surface area contributed by atoms with Crippen LogP contribution in [0.4, 0.5) is 5.69 Å². The number of hydrogen-bond donors (Lipinski definition) is 1. The van der Waals surface area contributed by atoms with E-state index in [4.69, 9.17) is 11.6 Å². The first-order valence-corrected chi connectivity index (χ1v) is 6.81. The SMILES string of the molecule is Cc1ccc(Cl)cc1NC(=O)Cc1c(C)nn(C)c1C. The number of aromatic nitrogens is 2. The first-order valence-electron chi connectivity index (χ1n) is 6.43. The van der Waals surface area contributed by atoms with E-state index in [0.29, 0.717) is 11.4 Å². The standard InChI is InChI=1S/C15H18ClN3O/c1-9-5-6-12(16)7-14(9)17-15(20)8-13-10(2)18-19(4)11(13)3/h5-7H,8H2,1-4H3,(H,17,20). The molecule has 20 heavy (non-hydrogen) atoms. The molecular formula is C15H18ClN3O. The molecule has 0 saturated carbocycles. The molecule has 0 unspecified atom stereocenters. The fourth-order valence-corrected chi connectivity index (χ4v) is 2.33. The van der Waals surface area contributed by atoms with E-state index in [0.717, 1.165) is 28.2 Å². The number of benzene rings is 1. The molecule has 0 radical (unpaired) electrons. The number of rotatable bonds is 3. The van der Waals surface area contributed by atoms with E-state index in [1.54, 1.807) is 10.7 Å². The van der Waals surface area contributed by atoms with Gasteiger partial charge in [0.15, 0.2) is 0 Å². The minimum absolute atomic E-state index is 0.0606. The van der Waals surface area contributed by atoms with Gasteiger partial charge in [0, 0.05) is 29.0 Å². The first-order chi connectivity index (χ1) is 9.38. The summed E-state index contributed by atoms with van der Waals surface area (Å²) in [4.78, 5) is 12.2. The predicted octanol–water partition coefficient (Wildman–Crippen LogP) is 3.18. The second-order valence-electron chi connectivity index (χ2n) is 4.96. The normalized spacial score (nSPS) is 10.7. The van der Waals surface area contributed by atoms with E-state index in [-0.39, 0.29) is 5.91 Å². The Morgan fingerprint density at radius 3 is 2.65 bits per heavy atom. The van der Waals surface area contributed by atoms with Crippen molar-refractivity contribution >= 4 is 23.2 Å². The van der Waals surface area contributed by atoms with Crippen molar-refractivity contribution in [3.05, 3.63) is 45.7 Å². The fourth-order valence-electron chi connectivity index (χ4n) is 2.16. The molecule has 0 fully saturated rings. The zero-order chi connectivity index (χ0) is 14.9. The number of carbonyl (C=O) groups excluding carboxylic acids is 1. The van der Waals surface area contributed by atoms with Crippen LogP contribution in [0, 0.1) is 20.8 Å². The van der Waals surface area contributed by atoms with Crippen LogP contribution in [0.5, 0.6) is 0 Å². The van der Waals surface area contributed by atoms with E-state index in [9.17, 15) is 4.79 Å². The summed E-state index contributed by atoms with van der Waals surface area (Å²) < 4.78 is 1.79. The molecule has 4 nitrogen and oxygen atoms in total. The molecule has 5 heteroatoms. The number of carbonyl (C=O) groups is 1. The van der Waals surface area contributed by atoms with E-state index in [1.807, 2.05) is 40.0 Å². The third-order valence-electron chi connectivity index (χ3n) is 3.47. The van der Waals surface area contributed by atoms with Gasteiger partial charge in [-0.3, -0.25) is 9.48 Å². The highest BCUT2D eigenvalue weighted by molar-refractivity contribution is 6.31. The summed E-state index contributed by atoms with van der Waals surface area (Å²) in [6, 6.07) is 5.46. The van der Waals surface area contributed by atoms with Crippen LogP contribution in [0.3, 0.4) is 0 Å². The van der Waals surface area contributed by atoms with Crippen molar-refractivity contribution in [2.45, 2.75) is 27.2 Å². The number of aryl methyl sites for hydroxylation is 3. The Morgan fingerprint density at radius 2 is 2.05 bits per heavy atom. The van der Waals surface area contributed by atoms with Crippen molar-refractivity contribution < 1.29 is 4.79 Å². The molecular weight excluding hydrogens is 274 g/mol. The lowest BCUT2D eigenvalue weighted by Crippen LogP contribution is -2.16. The maximum atomic E-state index is 12.2. The molecule has 1 heterocycles. The van der Waals surface area contributed by atoms with Gasteiger partial charge in [-0.2, -0.15) is 5.10 Å². The number of anilines is 1. The summed E-state index contributed by atoms with van der Waals surface area (Å²) in [5.74, 6) is -0.0606. The van der Waals surface area contributed by atoms with Crippen molar-refractivity contribution in [1.29, 1.82) is 0 Å². The molecule has 1 amide bonds. The summed E-state index contributed by atoms with van der Waals surface area (Å²) in [5, 5.41) is 7.83. The van der Waals surface area contributed by atoms with E-state index in [1.165, 1.54) is 0 Å². The summed E-state index contributed by atoms with van der Waals surface area (Å²) in [6.07, 6.45) is 0.317. The second kappa shape index (κ2) is 5.67. The van der Waals surface area contributed by atoms with Crippen LogP contribution in [0.15, 0.2) is 18.2 Å². The third-order valence-corrected chi connectivity index (χ3v) is 3.71. The Morgan fingerprint density at radius 1 is 1.35 bits per heavy atom. The van der Waals surface area contributed by atoms with Gasteiger partial charge in [-0.25, -0.2) is 0 Å². The van der Waals surface area contributed by atoms with Crippen LogP contribution in [0.25, 0.3) is 0 Å². The molecule has 1 N–H and O–H groups in total. The minimum atomic E-state index is -0.0606. The van der Waals surface area contributed by atoms with Crippen molar-refractivity contribution in [1.82, 2.24) is 9.78 Å². The van der Waals surface area contributed by atoms with Gasteiger partial charge in [-0.15, -0.1) is 0 Å². The van der Waals surface area contributed by atoms with Crippen LogP contribution < -0.4 is 5.32 Å². The summed E-state index contributed by atoms with van der Waals surface area (Å²) in [7, 11) is 1.88. The predicted molar refractivity (Wildman–Crippen MR) is 81.2 cm³/mol. The highest BCUT2D eigenvalue weighted by atomic mass is 35.5. The van der Waals surface area contributed by atoms with Gasteiger partial charge in [0.25, 0.3) is 0 Å². The Balaban J connectivity index is 2.15. The Kier molecular flexibility index (Phi) is 4.14. The number of nitrogens with zero attached hydrogens (tertiary/aromatic N) is 2. The fraction of sp³-hybridized carbons (Fsp3) is 0.333. The highest BCUT2D eigenvalue weighted by Crippen LogP contribution is 2.21. The first kappa shape index (κ1) is 14.6. The molecule has 0 aliphatic heterocycles. The minimum Gasteiger partial charge on any atom is -0.326 e. The van der Waals surface area contributed by atoms with Crippen LogP contribution in [0.1, 0.15) is 22.5 Å². The molecule has 2 rings (SSSR count). The number of nitrogens with one attached hydrogen (secondary N) is 1. The van der Waals surface area contributed by atoms with Crippen LogP contribution in [0.2, 0.25) is 5.02 Å². The molecule has 0 bridgehead atoms. The van der Waals surface area contributed by atoms with Gasteiger partial charge in [0.05, 0.1) is 12.1 Å². The Hall–Kier alpha value is -1.81. The van der Waals surface area contributed by atoms with Gasteiger partial charge in [-0.1, -0.05) is 17.7 Å². The van der Waals surface area contributed by atoms with Gasteiger partial charge in [0.2, 0.25) is 5.91 Å². The quantitative estimate of drug-likeness (QED) is 0.944. The lowest BCUT2D eigenvalue weighted by Gasteiger charge is -2.09. The molecule has 1 aromatic heterocycles. The van der Waals surface area contributed by atoms with Crippen LogP contribution in [-0.4, -0.2) is 15.7 Å². The van der Waals surface area contributed by atoms with Crippen LogP contribution >= 0.6 is 11.6 Å². The zero-order valence-corrected chi connectivity index (χ0v) is 12.9. The summed E-state index contributed by atoms with van der Waals surface area (Å²) >= 11 is 5.95. The smallest absolute Gasteiger partial charge is 0.228 e. The lowest BCUT2D eigenvalue weighted by atomic mass is 10.1. The van der Waals surface area contributed by atoms with Gasteiger partial charge in [-0.05, 0) is 38.5 Å². The van der Waals surface area contributed by atoms with Crippen molar-refractivity contribution in [3.63, 3.8) is 0 Å². The largest absolute Gasteiger partial charge is 0.326 e. The molecule has 0 aliphatic rings. The average molecular weight is 292 g/mol. The summed E-state index contributed by atoms with van der Waals surface area (Å²) in [5.41, 5.74) is 4.62. The maximum Gasteiger partial charge on any atom is 0.228 e. The van der Waals surface area contributed by atoms with Gasteiger partial charge >= 0.3 is 0 Å². The number of hydrogen-bond acceptors (Lipinski definition) is 2. The van der Waals surface area contributed by atoms with E-state index >= 15 is 0 Å². The van der Waals surface area contributed by atoms with Crippen molar-refractivity contribution in [3.8, 4) is 0 Å². The molecule has 0 spiro atoms. The third kappa shape index (κ3) is 3.02. The van der Waals surface area contributed by atoms with Gasteiger partial charge < -0.3 is 5.32 Å². The number of halogens is 1. The molecule has 0 saturated heterocycles. The molecule has 0 aliphatic carbocycles. The van der Waals surface area contributed by atoms with Crippen molar-refractivity contribution in [2.24, 2.45) is 7.05 Å². The highest BCUT2D eigenvalue weighted by Gasteiger charge is 2.14. The topological polar surface area (TPSA) is 46.9 Å². The molecule has 2 aromatic rings. The zero-order valence-electron chi connectivity index (χ0n) is 12.1. The Bertz CT molecular complexity index is 661. The summed E-state index contributed by atoms with van der Waals surface area (Å²) in [6.45, 7) is 5.82. The van der Waals surface area contributed by atoms with E-state index in [2.05, 4.69) is 10.4 Å². The molecule has 1 aromatic carbocycles.